The second-order valence-corrected chi connectivity index (χ2v) is 4.80. The van der Waals surface area contributed by atoms with Gasteiger partial charge in [0, 0.05) is 22.7 Å². The molecule has 1 heterocycles. The van der Waals surface area contributed by atoms with Gasteiger partial charge in [-0.05, 0) is 29.8 Å². The zero-order valence-corrected chi connectivity index (χ0v) is 11.1. The monoisotopic (exact) mass is 310 g/mol. The number of rotatable bonds is 3. The van der Waals surface area contributed by atoms with Gasteiger partial charge in [0.15, 0.2) is 0 Å². The number of nitrogens with zero attached hydrogens (tertiary/aromatic N) is 1. The zero-order chi connectivity index (χ0) is 13.1. The fraction of sp³-hybridized carbons (Fsp3) is 0.154. The molecule has 0 saturated carbocycles. The van der Waals surface area contributed by atoms with Crippen LogP contribution in [-0.2, 0) is 6.42 Å². The highest BCUT2D eigenvalue weighted by Gasteiger charge is 2.16. The maximum atomic E-state index is 13.7. The molecule has 0 aliphatic carbocycles. The number of nitrogens with two attached hydrogens (primary N) is 1. The number of hydrogen-bond acceptors (Lipinski definition) is 3. The van der Waals surface area contributed by atoms with E-state index in [-0.39, 0.29) is 12.0 Å². The summed E-state index contributed by atoms with van der Waals surface area (Å²) in [5.74, 6) is -0.0498. The third kappa shape index (κ3) is 2.86. The minimum atomic E-state index is -0.928. The first-order chi connectivity index (χ1) is 8.58. The fourth-order valence-corrected chi connectivity index (χ4v) is 2.38. The summed E-state index contributed by atoms with van der Waals surface area (Å²) < 4.78 is 14.2. The molecule has 3 N–H and O–H groups in total. The second kappa shape index (κ2) is 5.46. The van der Waals surface area contributed by atoms with Crippen LogP contribution in [0.5, 0.6) is 0 Å². The van der Waals surface area contributed by atoms with Crippen LogP contribution < -0.4 is 5.73 Å². The van der Waals surface area contributed by atoms with Crippen molar-refractivity contribution in [2.24, 2.45) is 0 Å². The van der Waals surface area contributed by atoms with Crippen LogP contribution >= 0.6 is 15.9 Å². The number of aliphatic hydroxyl groups is 1. The van der Waals surface area contributed by atoms with Crippen molar-refractivity contribution in [1.82, 2.24) is 4.98 Å². The van der Waals surface area contributed by atoms with Crippen LogP contribution in [0.15, 0.2) is 41.0 Å². The minimum absolute atomic E-state index is 0.257. The van der Waals surface area contributed by atoms with E-state index >= 15 is 0 Å². The molecule has 0 fully saturated rings. The molecule has 0 bridgehead atoms. The van der Waals surface area contributed by atoms with Crippen molar-refractivity contribution in [1.29, 1.82) is 0 Å². The van der Waals surface area contributed by atoms with Gasteiger partial charge in [-0.25, -0.2) is 9.37 Å². The van der Waals surface area contributed by atoms with Gasteiger partial charge in [-0.2, -0.15) is 0 Å². The summed E-state index contributed by atoms with van der Waals surface area (Å²) in [5, 5.41) is 10.1. The van der Waals surface area contributed by atoms with Gasteiger partial charge in [0.05, 0.1) is 6.10 Å². The molecule has 0 aliphatic heterocycles. The SMILES string of the molecule is Nc1cc(CC(O)c2c(F)cccc2Br)ccn1. The largest absolute Gasteiger partial charge is 0.388 e. The summed E-state index contributed by atoms with van der Waals surface area (Å²) in [6.45, 7) is 0. The molecule has 1 aromatic carbocycles. The van der Waals surface area contributed by atoms with E-state index in [1.807, 2.05) is 0 Å². The number of halogens is 2. The Labute approximate surface area is 113 Å². The number of benzene rings is 1. The van der Waals surface area contributed by atoms with Crippen LogP contribution in [0.3, 0.4) is 0 Å². The van der Waals surface area contributed by atoms with Crippen molar-refractivity contribution in [3.8, 4) is 0 Å². The lowest BCUT2D eigenvalue weighted by Crippen LogP contribution is -2.06. The minimum Gasteiger partial charge on any atom is -0.388 e. The highest BCUT2D eigenvalue weighted by Crippen LogP contribution is 2.28. The number of aromatic nitrogens is 1. The Morgan fingerprint density at radius 3 is 2.83 bits per heavy atom. The molecule has 18 heavy (non-hydrogen) atoms. The van der Waals surface area contributed by atoms with Gasteiger partial charge in [0.1, 0.15) is 11.6 Å². The highest BCUT2D eigenvalue weighted by molar-refractivity contribution is 9.10. The Balaban J connectivity index is 2.25. The molecule has 1 atom stereocenters. The first-order valence-electron chi connectivity index (χ1n) is 5.40. The molecule has 2 rings (SSSR count). The maximum Gasteiger partial charge on any atom is 0.130 e. The van der Waals surface area contributed by atoms with E-state index in [0.717, 1.165) is 5.56 Å². The second-order valence-electron chi connectivity index (χ2n) is 3.94. The molecule has 0 radical (unpaired) electrons. The maximum absolute atomic E-state index is 13.7. The molecule has 0 amide bonds. The first-order valence-corrected chi connectivity index (χ1v) is 6.19. The lowest BCUT2D eigenvalue weighted by Gasteiger charge is -2.14. The summed E-state index contributed by atoms with van der Waals surface area (Å²) in [6.07, 6.45) is 0.919. The highest BCUT2D eigenvalue weighted by atomic mass is 79.9. The summed E-state index contributed by atoms with van der Waals surface area (Å²) in [4.78, 5) is 3.87. The zero-order valence-electron chi connectivity index (χ0n) is 9.48. The fourth-order valence-electron chi connectivity index (χ4n) is 1.78. The molecule has 0 aliphatic rings. The van der Waals surface area contributed by atoms with E-state index in [0.29, 0.717) is 10.3 Å². The van der Waals surface area contributed by atoms with Crippen molar-refractivity contribution in [3.63, 3.8) is 0 Å². The van der Waals surface area contributed by atoms with Crippen LogP contribution in [0.25, 0.3) is 0 Å². The van der Waals surface area contributed by atoms with Crippen LogP contribution in [-0.4, -0.2) is 10.1 Å². The Bertz CT molecular complexity index is 542. The topological polar surface area (TPSA) is 59.1 Å². The summed E-state index contributed by atoms with van der Waals surface area (Å²) >= 11 is 3.24. The Kier molecular flexibility index (Phi) is 3.93. The van der Waals surface area contributed by atoms with Crippen molar-refractivity contribution < 1.29 is 9.50 Å². The molecule has 0 spiro atoms. The molecule has 0 saturated heterocycles. The van der Waals surface area contributed by atoms with Crippen molar-refractivity contribution in [2.75, 3.05) is 5.73 Å². The van der Waals surface area contributed by atoms with Crippen molar-refractivity contribution in [3.05, 3.63) is 57.9 Å². The summed E-state index contributed by atoms with van der Waals surface area (Å²) in [7, 11) is 0. The number of aliphatic hydroxyl groups excluding tert-OH is 1. The van der Waals surface area contributed by atoms with E-state index in [1.165, 1.54) is 6.07 Å². The number of anilines is 1. The van der Waals surface area contributed by atoms with Gasteiger partial charge >= 0.3 is 0 Å². The van der Waals surface area contributed by atoms with Gasteiger partial charge in [-0.3, -0.25) is 0 Å². The van der Waals surface area contributed by atoms with E-state index in [9.17, 15) is 9.50 Å². The van der Waals surface area contributed by atoms with E-state index in [2.05, 4.69) is 20.9 Å². The van der Waals surface area contributed by atoms with Crippen LogP contribution in [0, 0.1) is 5.82 Å². The Morgan fingerprint density at radius 2 is 2.17 bits per heavy atom. The average molecular weight is 311 g/mol. The quantitative estimate of drug-likeness (QED) is 0.916. The van der Waals surface area contributed by atoms with Gasteiger partial charge in [0.2, 0.25) is 0 Å². The van der Waals surface area contributed by atoms with E-state index < -0.39 is 11.9 Å². The number of hydrogen-bond donors (Lipinski definition) is 2. The lowest BCUT2D eigenvalue weighted by atomic mass is 10.0. The molecule has 1 unspecified atom stereocenters. The first kappa shape index (κ1) is 13.0. The Hall–Kier alpha value is -1.46. The summed E-state index contributed by atoms with van der Waals surface area (Å²) in [6, 6.07) is 8.01. The standard InChI is InChI=1S/C13H12BrFN2O/c14-9-2-1-3-10(15)13(9)11(18)6-8-4-5-17-12(16)7-8/h1-5,7,11,18H,6H2,(H2,16,17). The van der Waals surface area contributed by atoms with Crippen molar-refractivity contribution >= 4 is 21.7 Å². The predicted octanol–water partition coefficient (Wildman–Crippen LogP) is 2.84. The lowest BCUT2D eigenvalue weighted by molar-refractivity contribution is 0.173. The van der Waals surface area contributed by atoms with Crippen LogP contribution in [0.4, 0.5) is 10.2 Å². The molecule has 94 valence electrons. The molecular weight excluding hydrogens is 299 g/mol. The number of nitrogen functional groups attached to an aromatic ring is 1. The molecule has 2 aromatic rings. The van der Waals surface area contributed by atoms with Gasteiger partial charge < -0.3 is 10.8 Å². The number of pyridine rings is 1. The van der Waals surface area contributed by atoms with Gasteiger partial charge in [-0.1, -0.05) is 22.0 Å². The Morgan fingerprint density at radius 1 is 1.39 bits per heavy atom. The third-order valence-electron chi connectivity index (χ3n) is 2.61. The van der Waals surface area contributed by atoms with E-state index in [4.69, 9.17) is 5.73 Å². The molecule has 5 heteroatoms. The normalized spacial score (nSPS) is 12.4. The third-order valence-corrected chi connectivity index (χ3v) is 3.30. The van der Waals surface area contributed by atoms with Crippen LogP contribution in [0.1, 0.15) is 17.2 Å². The smallest absolute Gasteiger partial charge is 0.130 e. The average Bonchev–Trinajstić information content (AvgIpc) is 2.28. The molecule has 1 aromatic heterocycles. The molecule has 3 nitrogen and oxygen atoms in total. The van der Waals surface area contributed by atoms with Crippen molar-refractivity contribution in [2.45, 2.75) is 12.5 Å². The molecular formula is C13H12BrFN2O. The predicted molar refractivity (Wildman–Crippen MR) is 71.4 cm³/mol. The van der Waals surface area contributed by atoms with Gasteiger partial charge in [-0.15, -0.1) is 0 Å². The summed E-state index contributed by atoms with van der Waals surface area (Å²) in [5.41, 5.74) is 6.62. The van der Waals surface area contributed by atoms with E-state index in [1.54, 1.807) is 30.5 Å². The van der Waals surface area contributed by atoms with Gasteiger partial charge in [0.25, 0.3) is 0 Å². The van der Waals surface area contributed by atoms with Crippen LogP contribution in [0.2, 0.25) is 0 Å².